The van der Waals surface area contributed by atoms with Crippen molar-refractivity contribution in [1.82, 2.24) is 25.5 Å². The summed E-state index contributed by atoms with van der Waals surface area (Å²) in [5.41, 5.74) is 2.69. The number of carbonyl (C=O) groups excluding carboxylic acids is 1. The van der Waals surface area contributed by atoms with Crippen molar-refractivity contribution >= 4 is 40.7 Å². The molecule has 0 aliphatic carbocycles. The minimum Gasteiger partial charge on any atom is -0.336 e. The zero-order chi connectivity index (χ0) is 22.1. The number of rotatable bonds is 5. The highest BCUT2D eigenvalue weighted by Crippen LogP contribution is 2.25. The number of nitrogens with zero attached hydrogens (tertiary/aromatic N) is 4. The summed E-state index contributed by atoms with van der Waals surface area (Å²) in [5, 5.41) is 9.44. The molecule has 0 atom stereocenters. The summed E-state index contributed by atoms with van der Waals surface area (Å²) in [6.45, 7) is 7.31. The number of amides is 1. The van der Waals surface area contributed by atoms with E-state index in [2.05, 4.69) is 32.3 Å². The van der Waals surface area contributed by atoms with E-state index in [4.69, 9.17) is 11.6 Å². The van der Waals surface area contributed by atoms with Crippen LogP contribution in [0.4, 0.5) is 5.13 Å². The monoisotopic (exact) mass is 456 g/mol. The van der Waals surface area contributed by atoms with Crippen molar-refractivity contribution in [2.75, 3.05) is 26.8 Å². The molecule has 1 amide bonds. The van der Waals surface area contributed by atoms with E-state index < -0.39 is 0 Å². The number of benzene rings is 1. The van der Waals surface area contributed by atoms with Gasteiger partial charge in [-0.05, 0) is 56.1 Å². The molecule has 1 aromatic carbocycles. The highest BCUT2D eigenvalue weighted by atomic mass is 35.5. The standard InChI is InChI=1S/C18H15ClN4OS.C4H10N2/c1-20-18-22-16(11-25-18)14-4-3-5-15(21-14)17(24)23(2)10-12-6-8-13(19)9-7-12;1-2-5-4-6-3-1/h3-9,11H,1,10H2,2H3;5-6H,1-4H2. The molecule has 1 saturated heterocycles. The first kappa shape index (κ1) is 23.0. The average Bonchev–Trinajstić information content (AvgIpc) is 3.31. The van der Waals surface area contributed by atoms with E-state index in [0.717, 1.165) is 12.2 Å². The predicted molar refractivity (Wildman–Crippen MR) is 127 cm³/mol. The third-order valence-corrected chi connectivity index (χ3v) is 5.52. The Labute approximate surface area is 191 Å². The number of hydrogen-bond donors (Lipinski definition) is 2. The Kier molecular flexibility index (Phi) is 8.66. The van der Waals surface area contributed by atoms with Crippen LogP contribution in [0.3, 0.4) is 0 Å². The number of pyridine rings is 1. The molecule has 3 heterocycles. The molecule has 3 aromatic rings. The van der Waals surface area contributed by atoms with Gasteiger partial charge in [-0.15, -0.1) is 11.3 Å². The van der Waals surface area contributed by atoms with Gasteiger partial charge < -0.3 is 15.5 Å². The number of thiazole rings is 1. The Morgan fingerprint density at radius 2 is 1.90 bits per heavy atom. The van der Waals surface area contributed by atoms with E-state index in [1.54, 1.807) is 24.1 Å². The van der Waals surface area contributed by atoms with Gasteiger partial charge in [0.05, 0.1) is 5.69 Å². The SMILES string of the molecule is C1CNCNC1.C=Nc1nc(-c2cccc(C(=O)N(C)Cc3ccc(Cl)cc3)n2)cs1. The second-order valence-corrected chi connectivity index (χ2v) is 8.17. The van der Waals surface area contributed by atoms with Crippen LogP contribution in [-0.4, -0.2) is 54.3 Å². The average molecular weight is 457 g/mol. The number of halogens is 1. The van der Waals surface area contributed by atoms with Crippen LogP contribution in [0.5, 0.6) is 0 Å². The number of hydrogen-bond acceptors (Lipinski definition) is 7. The van der Waals surface area contributed by atoms with E-state index >= 15 is 0 Å². The largest absolute Gasteiger partial charge is 0.336 e. The fraction of sp³-hybridized carbons (Fsp3) is 0.273. The Balaban J connectivity index is 0.000000391. The third-order valence-electron chi connectivity index (χ3n) is 4.49. The molecule has 7 nitrogen and oxygen atoms in total. The van der Waals surface area contributed by atoms with Crippen molar-refractivity contribution in [3.05, 3.63) is 64.1 Å². The van der Waals surface area contributed by atoms with Crippen molar-refractivity contribution in [2.24, 2.45) is 4.99 Å². The van der Waals surface area contributed by atoms with Crippen molar-refractivity contribution < 1.29 is 4.79 Å². The summed E-state index contributed by atoms with van der Waals surface area (Å²) >= 11 is 7.27. The van der Waals surface area contributed by atoms with Gasteiger partial charge in [-0.25, -0.2) is 15.0 Å². The lowest BCUT2D eigenvalue weighted by Gasteiger charge is -2.17. The quantitative estimate of drug-likeness (QED) is 0.567. The van der Waals surface area contributed by atoms with Gasteiger partial charge in [-0.2, -0.15) is 0 Å². The lowest BCUT2D eigenvalue weighted by molar-refractivity contribution is 0.0779. The molecule has 0 saturated carbocycles. The van der Waals surface area contributed by atoms with Crippen molar-refractivity contribution in [1.29, 1.82) is 0 Å². The first-order valence-electron chi connectivity index (χ1n) is 9.88. The van der Waals surface area contributed by atoms with Crippen LogP contribution in [0.25, 0.3) is 11.4 Å². The fourth-order valence-corrected chi connectivity index (χ4v) is 3.63. The lowest BCUT2D eigenvalue weighted by Crippen LogP contribution is -2.37. The van der Waals surface area contributed by atoms with Gasteiger partial charge in [0.15, 0.2) is 0 Å². The van der Waals surface area contributed by atoms with Crippen molar-refractivity contribution in [2.45, 2.75) is 13.0 Å². The molecule has 0 radical (unpaired) electrons. The summed E-state index contributed by atoms with van der Waals surface area (Å²) < 4.78 is 0. The Morgan fingerprint density at radius 3 is 2.48 bits per heavy atom. The highest BCUT2D eigenvalue weighted by molar-refractivity contribution is 7.13. The summed E-state index contributed by atoms with van der Waals surface area (Å²) in [6, 6.07) is 12.7. The Bertz CT molecular complexity index is 992. The van der Waals surface area contributed by atoms with E-state index in [9.17, 15) is 4.79 Å². The summed E-state index contributed by atoms with van der Waals surface area (Å²) in [4.78, 5) is 26.8. The van der Waals surface area contributed by atoms with Crippen LogP contribution in [-0.2, 0) is 6.54 Å². The maximum absolute atomic E-state index is 12.7. The topological polar surface area (TPSA) is 82.5 Å². The van der Waals surface area contributed by atoms with E-state index in [1.165, 1.54) is 30.8 Å². The normalized spacial score (nSPS) is 13.1. The van der Waals surface area contributed by atoms with Gasteiger partial charge in [-0.1, -0.05) is 29.8 Å². The molecule has 4 rings (SSSR count). The fourth-order valence-electron chi connectivity index (χ4n) is 2.89. The zero-order valence-electron chi connectivity index (χ0n) is 17.3. The van der Waals surface area contributed by atoms with Gasteiger partial charge in [-0.3, -0.25) is 4.79 Å². The van der Waals surface area contributed by atoms with Crippen LogP contribution < -0.4 is 10.6 Å². The van der Waals surface area contributed by atoms with Gasteiger partial charge in [0.2, 0.25) is 5.13 Å². The molecule has 0 spiro atoms. The third kappa shape index (κ3) is 6.93. The van der Waals surface area contributed by atoms with E-state index in [1.807, 2.05) is 35.7 Å². The van der Waals surface area contributed by atoms with Crippen molar-refractivity contribution in [3.8, 4) is 11.4 Å². The molecule has 1 aliphatic heterocycles. The Morgan fingerprint density at radius 1 is 1.16 bits per heavy atom. The number of nitrogens with one attached hydrogen (secondary N) is 2. The van der Waals surface area contributed by atoms with Crippen LogP contribution in [0, 0.1) is 0 Å². The van der Waals surface area contributed by atoms with Crippen LogP contribution in [0.2, 0.25) is 5.02 Å². The molecule has 31 heavy (non-hydrogen) atoms. The minimum atomic E-state index is -0.158. The highest BCUT2D eigenvalue weighted by Gasteiger charge is 2.15. The number of aliphatic imine (C=N–C) groups is 1. The Hall–Kier alpha value is -2.65. The maximum Gasteiger partial charge on any atom is 0.272 e. The molecule has 162 valence electrons. The summed E-state index contributed by atoms with van der Waals surface area (Å²) in [5.74, 6) is -0.158. The van der Waals surface area contributed by atoms with Gasteiger partial charge in [0, 0.05) is 30.7 Å². The molecule has 2 aromatic heterocycles. The van der Waals surface area contributed by atoms with Crippen LogP contribution in [0.15, 0.2) is 52.8 Å². The summed E-state index contributed by atoms with van der Waals surface area (Å²) in [6.07, 6.45) is 1.28. The second-order valence-electron chi connectivity index (χ2n) is 6.90. The molecular formula is C22H25ClN6OS. The predicted octanol–water partition coefficient (Wildman–Crippen LogP) is 3.99. The molecule has 0 bridgehead atoms. The first-order valence-corrected chi connectivity index (χ1v) is 11.1. The van der Waals surface area contributed by atoms with Gasteiger partial charge in [0.25, 0.3) is 5.91 Å². The molecular weight excluding hydrogens is 432 g/mol. The maximum atomic E-state index is 12.7. The molecule has 0 unspecified atom stereocenters. The smallest absolute Gasteiger partial charge is 0.272 e. The molecule has 1 aliphatic rings. The van der Waals surface area contributed by atoms with E-state index in [-0.39, 0.29) is 5.91 Å². The first-order chi connectivity index (χ1) is 15.1. The number of carbonyl (C=O) groups is 1. The van der Waals surface area contributed by atoms with Crippen LogP contribution in [0.1, 0.15) is 22.5 Å². The second kappa shape index (κ2) is 11.7. The molecule has 9 heteroatoms. The van der Waals surface area contributed by atoms with Gasteiger partial charge in [0.1, 0.15) is 11.4 Å². The molecule has 2 N–H and O–H groups in total. The van der Waals surface area contributed by atoms with Crippen LogP contribution >= 0.6 is 22.9 Å². The van der Waals surface area contributed by atoms with Gasteiger partial charge >= 0.3 is 0 Å². The zero-order valence-corrected chi connectivity index (χ0v) is 18.9. The summed E-state index contributed by atoms with van der Waals surface area (Å²) in [7, 11) is 1.74. The molecule has 1 fully saturated rings. The lowest BCUT2D eigenvalue weighted by atomic mass is 10.2. The minimum absolute atomic E-state index is 0.158. The van der Waals surface area contributed by atoms with Crippen molar-refractivity contribution in [3.63, 3.8) is 0 Å². The number of aromatic nitrogens is 2. The van der Waals surface area contributed by atoms with E-state index in [0.29, 0.717) is 33.8 Å².